The summed E-state index contributed by atoms with van der Waals surface area (Å²) in [6.45, 7) is 0. The average Bonchev–Trinajstić information content (AvgIpc) is 2.16. The number of halogens is 3. The highest BCUT2D eigenvalue weighted by molar-refractivity contribution is 5.37. The average molecular weight is 205 g/mol. The van der Waals surface area contributed by atoms with E-state index in [1.807, 2.05) is 0 Å². The Morgan fingerprint density at radius 2 is 2.00 bits per heavy atom. The van der Waals surface area contributed by atoms with Gasteiger partial charge < -0.3 is 10.5 Å². The summed E-state index contributed by atoms with van der Waals surface area (Å²) in [5, 5.41) is 0. The van der Waals surface area contributed by atoms with Gasteiger partial charge in [0.15, 0.2) is 11.6 Å². The first kappa shape index (κ1) is 10.8. The Bertz CT molecular complexity index is 317. The first-order valence-electron chi connectivity index (χ1n) is 3.94. The number of rotatable bonds is 3. The van der Waals surface area contributed by atoms with Crippen molar-refractivity contribution in [2.75, 3.05) is 7.11 Å². The number of nitrogens with two attached hydrogens (primary N) is 1. The van der Waals surface area contributed by atoms with Crippen LogP contribution in [0, 0.1) is 5.82 Å². The Labute approximate surface area is 79.5 Å². The molecule has 0 spiro atoms. The zero-order valence-electron chi connectivity index (χ0n) is 7.51. The second-order valence-corrected chi connectivity index (χ2v) is 2.72. The SMILES string of the molecule is COc1c(F)cccc1[C@@H](N)C(F)F. The summed E-state index contributed by atoms with van der Waals surface area (Å²) in [4.78, 5) is 0. The summed E-state index contributed by atoms with van der Waals surface area (Å²) in [6, 6.07) is 2.23. The van der Waals surface area contributed by atoms with Gasteiger partial charge in [0, 0.05) is 5.56 Å². The normalized spacial score (nSPS) is 13.0. The third kappa shape index (κ3) is 1.98. The molecule has 0 aliphatic rings. The van der Waals surface area contributed by atoms with Crippen molar-refractivity contribution in [3.63, 3.8) is 0 Å². The van der Waals surface area contributed by atoms with E-state index in [4.69, 9.17) is 5.73 Å². The Kier molecular flexibility index (Phi) is 3.35. The molecule has 2 nitrogen and oxygen atoms in total. The van der Waals surface area contributed by atoms with Crippen LogP contribution in [0.2, 0.25) is 0 Å². The fraction of sp³-hybridized carbons (Fsp3) is 0.333. The lowest BCUT2D eigenvalue weighted by molar-refractivity contribution is 0.115. The molecular weight excluding hydrogens is 195 g/mol. The van der Waals surface area contributed by atoms with Crippen molar-refractivity contribution in [1.29, 1.82) is 0 Å². The van der Waals surface area contributed by atoms with Gasteiger partial charge in [0.05, 0.1) is 13.2 Å². The minimum atomic E-state index is -2.74. The van der Waals surface area contributed by atoms with E-state index in [0.717, 1.165) is 6.07 Å². The maximum atomic E-state index is 13.0. The number of alkyl halides is 2. The molecule has 14 heavy (non-hydrogen) atoms. The number of benzene rings is 1. The molecule has 0 unspecified atom stereocenters. The third-order valence-electron chi connectivity index (χ3n) is 1.83. The predicted octanol–water partition coefficient (Wildman–Crippen LogP) is 2.10. The lowest BCUT2D eigenvalue weighted by atomic mass is 10.1. The predicted molar refractivity (Wildman–Crippen MR) is 45.9 cm³/mol. The lowest BCUT2D eigenvalue weighted by Crippen LogP contribution is -2.20. The molecule has 0 fully saturated rings. The van der Waals surface area contributed by atoms with Gasteiger partial charge in [0.2, 0.25) is 0 Å². The van der Waals surface area contributed by atoms with Crippen LogP contribution in [0.4, 0.5) is 13.2 Å². The highest BCUT2D eigenvalue weighted by Crippen LogP contribution is 2.29. The number of methoxy groups -OCH3 is 1. The van der Waals surface area contributed by atoms with Crippen LogP contribution in [0.1, 0.15) is 11.6 Å². The second-order valence-electron chi connectivity index (χ2n) is 2.72. The van der Waals surface area contributed by atoms with Gasteiger partial charge in [0.25, 0.3) is 6.43 Å². The first-order valence-corrected chi connectivity index (χ1v) is 3.94. The van der Waals surface area contributed by atoms with E-state index >= 15 is 0 Å². The van der Waals surface area contributed by atoms with Crippen LogP contribution < -0.4 is 10.5 Å². The van der Waals surface area contributed by atoms with Crippen LogP contribution in [0.25, 0.3) is 0 Å². The standard InChI is InChI=1S/C9H10F3NO/c1-14-8-5(7(13)9(11)12)3-2-4-6(8)10/h2-4,7,9H,13H2,1H3/t7-/m1/s1. The molecule has 2 N–H and O–H groups in total. The van der Waals surface area contributed by atoms with Crippen molar-refractivity contribution in [2.24, 2.45) is 5.73 Å². The molecule has 0 heterocycles. The van der Waals surface area contributed by atoms with E-state index in [1.165, 1.54) is 19.2 Å². The fourth-order valence-electron chi connectivity index (χ4n) is 1.14. The Hall–Kier alpha value is -1.23. The highest BCUT2D eigenvalue weighted by Gasteiger charge is 2.22. The molecule has 0 aromatic heterocycles. The van der Waals surface area contributed by atoms with Crippen molar-refractivity contribution in [3.8, 4) is 5.75 Å². The number of para-hydroxylation sites is 1. The molecule has 78 valence electrons. The summed E-state index contributed by atoms with van der Waals surface area (Å²) in [5.41, 5.74) is 5.16. The Morgan fingerprint density at radius 3 is 2.50 bits per heavy atom. The van der Waals surface area contributed by atoms with E-state index in [-0.39, 0.29) is 11.3 Å². The van der Waals surface area contributed by atoms with Crippen LogP contribution >= 0.6 is 0 Å². The molecule has 0 aliphatic heterocycles. The molecular formula is C9H10F3NO. The van der Waals surface area contributed by atoms with E-state index in [0.29, 0.717) is 0 Å². The van der Waals surface area contributed by atoms with Crippen LogP contribution in [-0.4, -0.2) is 13.5 Å². The molecule has 1 rings (SSSR count). The van der Waals surface area contributed by atoms with E-state index in [1.54, 1.807) is 0 Å². The van der Waals surface area contributed by atoms with Gasteiger partial charge in [-0.2, -0.15) is 0 Å². The lowest BCUT2D eigenvalue weighted by Gasteiger charge is -2.14. The molecule has 1 aromatic carbocycles. The van der Waals surface area contributed by atoms with Crippen molar-refractivity contribution >= 4 is 0 Å². The van der Waals surface area contributed by atoms with E-state index < -0.39 is 18.3 Å². The number of hydrogen-bond acceptors (Lipinski definition) is 2. The Balaban J connectivity index is 3.13. The van der Waals surface area contributed by atoms with Gasteiger partial charge in [-0.1, -0.05) is 12.1 Å². The fourth-order valence-corrected chi connectivity index (χ4v) is 1.14. The first-order chi connectivity index (χ1) is 6.57. The minimum Gasteiger partial charge on any atom is -0.493 e. The molecule has 1 atom stereocenters. The van der Waals surface area contributed by atoms with Gasteiger partial charge in [-0.05, 0) is 6.07 Å². The Morgan fingerprint density at radius 1 is 1.36 bits per heavy atom. The monoisotopic (exact) mass is 205 g/mol. The molecule has 1 aromatic rings. The van der Waals surface area contributed by atoms with Crippen molar-refractivity contribution in [2.45, 2.75) is 12.5 Å². The molecule has 0 saturated carbocycles. The van der Waals surface area contributed by atoms with E-state index in [2.05, 4.69) is 4.74 Å². The zero-order chi connectivity index (χ0) is 10.7. The summed E-state index contributed by atoms with van der Waals surface area (Å²) in [6.07, 6.45) is -2.74. The van der Waals surface area contributed by atoms with Gasteiger partial charge in [-0.3, -0.25) is 0 Å². The topological polar surface area (TPSA) is 35.2 Å². The molecule has 5 heteroatoms. The van der Waals surface area contributed by atoms with Gasteiger partial charge in [-0.25, -0.2) is 13.2 Å². The van der Waals surface area contributed by atoms with Crippen molar-refractivity contribution < 1.29 is 17.9 Å². The maximum absolute atomic E-state index is 13.0. The smallest absolute Gasteiger partial charge is 0.257 e. The van der Waals surface area contributed by atoms with Gasteiger partial charge >= 0.3 is 0 Å². The summed E-state index contributed by atoms with van der Waals surface area (Å²) < 4.78 is 42.2. The third-order valence-corrected chi connectivity index (χ3v) is 1.83. The van der Waals surface area contributed by atoms with E-state index in [9.17, 15) is 13.2 Å². The molecule has 0 radical (unpaired) electrons. The number of hydrogen-bond donors (Lipinski definition) is 1. The highest BCUT2D eigenvalue weighted by atomic mass is 19.3. The summed E-state index contributed by atoms with van der Waals surface area (Å²) >= 11 is 0. The zero-order valence-corrected chi connectivity index (χ0v) is 7.51. The second kappa shape index (κ2) is 4.32. The van der Waals surface area contributed by atoms with Gasteiger partial charge in [0.1, 0.15) is 0 Å². The molecule has 0 aliphatic carbocycles. The molecule has 0 saturated heterocycles. The van der Waals surface area contributed by atoms with Crippen molar-refractivity contribution in [1.82, 2.24) is 0 Å². The quantitative estimate of drug-likeness (QED) is 0.820. The molecule has 0 bridgehead atoms. The van der Waals surface area contributed by atoms with Gasteiger partial charge in [-0.15, -0.1) is 0 Å². The minimum absolute atomic E-state index is 0.0255. The maximum Gasteiger partial charge on any atom is 0.257 e. The van der Waals surface area contributed by atoms with Crippen LogP contribution in [0.15, 0.2) is 18.2 Å². The number of ether oxygens (including phenoxy) is 1. The van der Waals surface area contributed by atoms with Crippen LogP contribution in [0.5, 0.6) is 5.75 Å². The van der Waals surface area contributed by atoms with Crippen LogP contribution in [0.3, 0.4) is 0 Å². The largest absolute Gasteiger partial charge is 0.493 e. The summed E-state index contributed by atoms with van der Waals surface area (Å²) in [7, 11) is 1.21. The van der Waals surface area contributed by atoms with Crippen molar-refractivity contribution in [3.05, 3.63) is 29.6 Å². The van der Waals surface area contributed by atoms with Crippen LogP contribution in [-0.2, 0) is 0 Å². The summed E-state index contributed by atoms with van der Waals surface area (Å²) in [5.74, 6) is -0.915. The molecule has 0 amide bonds.